The van der Waals surface area contributed by atoms with E-state index in [9.17, 15) is 4.79 Å². The van der Waals surface area contributed by atoms with Gasteiger partial charge in [0, 0.05) is 30.9 Å². The Hall–Kier alpha value is -1.52. The van der Waals surface area contributed by atoms with Crippen LogP contribution in [0.5, 0.6) is 0 Å². The quantitative estimate of drug-likeness (QED) is 0.927. The number of hydrogen-bond acceptors (Lipinski definition) is 2. The molecule has 0 saturated heterocycles. The zero-order valence-corrected chi connectivity index (χ0v) is 13.8. The van der Waals surface area contributed by atoms with Gasteiger partial charge in [0.1, 0.15) is 0 Å². The molecule has 1 aliphatic carbocycles. The van der Waals surface area contributed by atoms with Gasteiger partial charge in [0.2, 0.25) is 0 Å². The number of urea groups is 1. The molecule has 0 radical (unpaired) electrons. The van der Waals surface area contributed by atoms with Crippen molar-refractivity contribution >= 4 is 6.03 Å². The molecule has 1 N–H and O–H groups in total. The minimum absolute atomic E-state index is 0.0324. The molecule has 5 nitrogen and oxygen atoms in total. The van der Waals surface area contributed by atoms with E-state index in [-0.39, 0.29) is 6.03 Å². The van der Waals surface area contributed by atoms with Crippen molar-refractivity contribution in [2.45, 2.75) is 72.0 Å². The van der Waals surface area contributed by atoms with Crippen LogP contribution in [-0.2, 0) is 13.1 Å². The Morgan fingerprint density at radius 1 is 1.33 bits per heavy atom. The van der Waals surface area contributed by atoms with Crippen molar-refractivity contribution in [1.29, 1.82) is 0 Å². The smallest absolute Gasteiger partial charge is 0.317 e. The van der Waals surface area contributed by atoms with Gasteiger partial charge in [-0.1, -0.05) is 19.3 Å². The predicted octanol–water partition coefficient (Wildman–Crippen LogP) is 2.99. The Balaban J connectivity index is 1.95. The predicted molar refractivity (Wildman–Crippen MR) is 84.2 cm³/mol. The summed E-state index contributed by atoms with van der Waals surface area (Å²) < 4.78 is 2.00. The molecule has 0 aromatic carbocycles. The maximum Gasteiger partial charge on any atom is 0.317 e. The first-order valence-corrected chi connectivity index (χ1v) is 8.07. The van der Waals surface area contributed by atoms with Crippen LogP contribution in [0, 0.1) is 13.8 Å². The Morgan fingerprint density at radius 3 is 2.57 bits per heavy atom. The van der Waals surface area contributed by atoms with Gasteiger partial charge in [-0.15, -0.1) is 0 Å². The minimum atomic E-state index is 0.0324. The number of aryl methyl sites for hydroxylation is 2. The second kappa shape index (κ2) is 6.96. The summed E-state index contributed by atoms with van der Waals surface area (Å²) in [6.45, 7) is 7.66. The first kappa shape index (κ1) is 15.9. The molecule has 1 aliphatic rings. The lowest BCUT2D eigenvalue weighted by atomic mass is 9.96. The summed E-state index contributed by atoms with van der Waals surface area (Å²) in [6.07, 6.45) is 6.00. The fourth-order valence-electron chi connectivity index (χ4n) is 3.11. The summed E-state index contributed by atoms with van der Waals surface area (Å²) in [5.74, 6) is 0. The van der Waals surface area contributed by atoms with Crippen LogP contribution in [0.2, 0.25) is 0 Å². The molecular weight excluding hydrogens is 264 g/mol. The number of amides is 2. The largest absolute Gasteiger partial charge is 0.335 e. The highest BCUT2D eigenvalue weighted by Gasteiger charge is 2.20. The number of hydrogen-bond donors (Lipinski definition) is 1. The third-order valence-corrected chi connectivity index (χ3v) is 4.51. The van der Waals surface area contributed by atoms with E-state index in [1.54, 1.807) is 4.90 Å². The molecule has 2 amide bonds. The van der Waals surface area contributed by atoms with Crippen molar-refractivity contribution in [2.24, 2.45) is 0 Å². The van der Waals surface area contributed by atoms with E-state index in [4.69, 9.17) is 0 Å². The number of carbonyl (C=O) groups is 1. The molecule has 0 atom stereocenters. The fraction of sp³-hybridized carbons (Fsp3) is 0.750. The minimum Gasteiger partial charge on any atom is -0.335 e. The van der Waals surface area contributed by atoms with Crippen molar-refractivity contribution in [1.82, 2.24) is 20.0 Å². The third-order valence-electron chi connectivity index (χ3n) is 4.51. The number of rotatable bonds is 4. The molecule has 0 bridgehead atoms. The summed E-state index contributed by atoms with van der Waals surface area (Å²) in [4.78, 5) is 14.1. The molecule has 118 valence electrons. The van der Waals surface area contributed by atoms with E-state index in [0.29, 0.717) is 12.6 Å². The molecule has 2 rings (SSSR count). The average Bonchev–Trinajstić information content (AvgIpc) is 2.75. The molecule has 5 heteroatoms. The lowest BCUT2D eigenvalue weighted by Crippen LogP contribution is -2.43. The maximum atomic E-state index is 12.3. The van der Waals surface area contributed by atoms with Crippen LogP contribution >= 0.6 is 0 Å². The van der Waals surface area contributed by atoms with Gasteiger partial charge in [-0.05, 0) is 33.6 Å². The Morgan fingerprint density at radius 2 is 2.00 bits per heavy atom. The highest BCUT2D eigenvalue weighted by atomic mass is 16.2. The topological polar surface area (TPSA) is 50.2 Å². The molecule has 0 unspecified atom stereocenters. The van der Waals surface area contributed by atoms with Crippen molar-refractivity contribution < 1.29 is 4.79 Å². The van der Waals surface area contributed by atoms with Gasteiger partial charge < -0.3 is 10.2 Å². The van der Waals surface area contributed by atoms with Gasteiger partial charge in [-0.2, -0.15) is 5.10 Å². The molecule has 1 saturated carbocycles. The number of nitrogens with zero attached hydrogens (tertiary/aromatic N) is 3. The van der Waals surface area contributed by atoms with E-state index >= 15 is 0 Å². The van der Waals surface area contributed by atoms with Crippen LogP contribution in [-0.4, -0.2) is 33.8 Å². The first-order valence-electron chi connectivity index (χ1n) is 8.07. The Bertz CT molecular complexity index is 489. The van der Waals surface area contributed by atoms with Gasteiger partial charge in [-0.3, -0.25) is 4.68 Å². The van der Waals surface area contributed by atoms with Crippen LogP contribution in [0.25, 0.3) is 0 Å². The second-order valence-corrected chi connectivity index (χ2v) is 6.11. The summed E-state index contributed by atoms with van der Waals surface area (Å²) in [5, 5.41) is 7.67. The highest BCUT2D eigenvalue weighted by molar-refractivity contribution is 5.74. The molecule has 0 spiro atoms. The highest BCUT2D eigenvalue weighted by Crippen LogP contribution is 2.18. The monoisotopic (exact) mass is 292 g/mol. The number of aromatic nitrogens is 2. The number of nitrogens with one attached hydrogen (secondary N) is 1. The molecule has 0 aliphatic heterocycles. The van der Waals surface area contributed by atoms with Crippen molar-refractivity contribution in [3.05, 3.63) is 17.0 Å². The fourth-order valence-corrected chi connectivity index (χ4v) is 3.11. The number of carbonyl (C=O) groups excluding carboxylic acids is 1. The molecule has 21 heavy (non-hydrogen) atoms. The van der Waals surface area contributed by atoms with E-state index in [1.165, 1.54) is 19.3 Å². The Kier molecular flexibility index (Phi) is 5.26. The van der Waals surface area contributed by atoms with E-state index in [2.05, 4.69) is 24.3 Å². The van der Waals surface area contributed by atoms with Gasteiger partial charge in [0.25, 0.3) is 0 Å². The molecule has 1 heterocycles. The van der Waals surface area contributed by atoms with Gasteiger partial charge in [0.15, 0.2) is 0 Å². The van der Waals surface area contributed by atoms with E-state index < -0.39 is 0 Å². The first-order chi connectivity index (χ1) is 10.0. The standard InChI is InChI=1S/C16H28N4O/c1-5-20-13(3)15(12(2)18-20)11-19(4)16(21)17-14-9-7-6-8-10-14/h14H,5-11H2,1-4H3,(H,17,21). The summed E-state index contributed by atoms with van der Waals surface area (Å²) >= 11 is 0. The molecule has 1 aromatic rings. The zero-order chi connectivity index (χ0) is 15.4. The summed E-state index contributed by atoms with van der Waals surface area (Å²) in [5.41, 5.74) is 3.34. The zero-order valence-electron chi connectivity index (χ0n) is 13.8. The summed E-state index contributed by atoms with van der Waals surface area (Å²) in [6, 6.07) is 0.388. The van der Waals surface area contributed by atoms with Gasteiger partial charge >= 0.3 is 6.03 Å². The Labute approximate surface area is 127 Å². The van der Waals surface area contributed by atoms with Gasteiger partial charge in [0.05, 0.1) is 12.2 Å². The maximum absolute atomic E-state index is 12.3. The molecule has 1 aromatic heterocycles. The average molecular weight is 292 g/mol. The molecular formula is C16H28N4O. The molecule has 1 fully saturated rings. The van der Waals surface area contributed by atoms with E-state index in [1.807, 2.05) is 18.7 Å². The SMILES string of the molecule is CCn1nc(C)c(CN(C)C(=O)NC2CCCCC2)c1C. The van der Waals surface area contributed by atoms with Crippen LogP contribution in [0.3, 0.4) is 0 Å². The van der Waals surface area contributed by atoms with Crippen molar-refractivity contribution in [3.63, 3.8) is 0 Å². The van der Waals surface area contributed by atoms with Crippen LogP contribution in [0.15, 0.2) is 0 Å². The normalized spacial score (nSPS) is 16.0. The van der Waals surface area contributed by atoms with Crippen LogP contribution < -0.4 is 5.32 Å². The van der Waals surface area contributed by atoms with Crippen molar-refractivity contribution in [2.75, 3.05) is 7.05 Å². The van der Waals surface area contributed by atoms with Crippen LogP contribution in [0.4, 0.5) is 4.79 Å². The summed E-state index contributed by atoms with van der Waals surface area (Å²) in [7, 11) is 1.86. The second-order valence-electron chi connectivity index (χ2n) is 6.11. The van der Waals surface area contributed by atoms with Gasteiger partial charge in [-0.25, -0.2) is 4.79 Å². The third kappa shape index (κ3) is 3.77. The van der Waals surface area contributed by atoms with Crippen molar-refractivity contribution in [3.8, 4) is 0 Å². The lowest BCUT2D eigenvalue weighted by molar-refractivity contribution is 0.198. The van der Waals surface area contributed by atoms with Crippen LogP contribution in [0.1, 0.15) is 56.0 Å². The lowest BCUT2D eigenvalue weighted by Gasteiger charge is -2.26. The van der Waals surface area contributed by atoms with E-state index in [0.717, 1.165) is 36.3 Å².